The molecule has 5 nitrogen and oxygen atoms in total. The molecule has 2 aromatic carbocycles. The minimum absolute atomic E-state index is 0.163. The Labute approximate surface area is 163 Å². The minimum atomic E-state index is -0.422. The molecule has 0 aliphatic rings. The first kappa shape index (κ1) is 18.0. The van der Waals surface area contributed by atoms with Crippen LogP contribution in [-0.4, -0.2) is 20.7 Å². The molecule has 0 aliphatic heterocycles. The summed E-state index contributed by atoms with van der Waals surface area (Å²) in [6.07, 6.45) is 1.50. The van der Waals surface area contributed by atoms with Gasteiger partial charge in [-0.2, -0.15) is 0 Å². The highest BCUT2D eigenvalue weighted by Gasteiger charge is 2.13. The van der Waals surface area contributed by atoms with Gasteiger partial charge in [-0.15, -0.1) is 5.10 Å². The first-order valence-electron chi connectivity index (χ1n) is 7.02. The lowest BCUT2D eigenvalue weighted by atomic mass is 10.2. The molecule has 0 unspecified atom stereocenters. The summed E-state index contributed by atoms with van der Waals surface area (Å²) in [5.41, 5.74) is 1.19. The van der Waals surface area contributed by atoms with Gasteiger partial charge in [0.15, 0.2) is 0 Å². The molecule has 0 bridgehead atoms. The van der Waals surface area contributed by atoms with Crippen LogP contribution in [0.3, 0.4) is 0 Å². The van der Waals surface area contributed by atoms with E-state index >= 15 is 0 Å². The van der Waals surface area contributed by atoms with Crippen LogP contribution in [0, 0.1) is 0 Å². The van der Waals surface area contributed by atoms with Gasteiger partial charge >= 0.3 is 0 Å². The molecule has 0 fully saturated rings. The van der Waals surface area contributed by atoms with E-state index in [1.807, 2.05) is 6.07 Å². The molecule has 0 aliphatic carbocycles. The Hall–Kier alpha value is -1.79. The fourth-order valence-corrected chi connectivity index (χ4v) is 2.91. The van der Waals surface area contributed by atoms with Crippen molar-refractivity contribution in [1.82, 2.24) is 14.8 Å². The number of carbonyl (C=O) groups excluding carboxylic acids is 1. The summed E-state index contributed by atoms with van der Waals surface area (Å²) in [6.45, 7) is 0.432. The lowest BCUT2D eigenvalue weighted by Crippen LogP contribution is -2.14. The van der Waals surface area contributed by atoms with Crippen LogP contribution in [-0.2, 0) is 6.54 Å². The van der Waals surface area contributed by atoms with Crippen LogP contribution < -0.4 is 5.32 Å². The number of aromatic nitrogens is 3. The van der Waals surface area contributed by atoms with Crippen molar-refractivity contribution in [2.75, 3.05) is 5.32 Å². The lowest BCUT2D eigenvalue weighted by Gasteiger charge is -2.04. The summed E-state index contributed by atoms with van der Waals surface area (Å²) < 4.78 is 1.57. The summed E-state index contributed by atoms with van der Waals surface area (Å²) in [7, 11) is 0. The highest BCUT2D eigenvalue weighted by atomic mass is 35.5. The first-order chi connectivity index (χ1) is 11.9. The Morgan fingerprint density at radius 1 is 1.00 bits per heavy atom. The van der Waals surface area contributed by atoms with E-state index in [0.29, 0.717) is 21.6 Å². The molecule has 1 N–H and O–H groups in total. The largest absolute Gasteiger partial charge is 0.289 e. The molecule has 3 aromatic rings. The zero-order valence-electron chi connectivity index (χ0n) is 12.5. The Bertz CT molecular complexity index is 942. The fourth-order valence-electron chi connectivity index (χ4n) is 2.10. The molecule has 3 rings (SSSR count). The average molecular weight is 416 g/mol. The Balaban J connectivity index is 1.70. The van der Waals surface area contributed by atoms with E-state index in [1.54, 1.807) is 22.9 Å². The zero-order valence-corrected chi connectivity index (χ0v) is 15.5. The maximum absolute atomic E-state index is 12.2. The second-order valence-corrected chi connectivity index (χ2v) is 6.75. The first-order valence-corrected chi connectivity index (χ1v) is 8.53. The van der Waals surface area contributed by atoms with Crippen molar-refractivity contribution >= 4 is 58.3 Å². The molecule has 0 saturated carbocycles. The topological polar surface area (TPSA) is 59.8 Å². The van der Waals surface area contributed by atoms with Crippen LogP contribution in [0.1, 0.15) is 15.9 Å². The molecular formula is C16H10Cl4N4O. The van der Waals surface area contributed by atoms with Crippen molar-refractivity contribution in [3.8, 4) is 0 Å². The molecule has 1 heterocycles. The predicted molar refractivity (Wildman–Crippen MR) is 100 cm³/mol. The van der Waals surface area contributed by atoms with E-state index < -0.39 is 5.91 Å². The van der Waals surface area contributed by atoms with Crippen molar-refractivity contribution in [2.45, 2.75) is 6.54 Å². The van der Waals surface area contributed by atoms with Gasteiger partial charge in [-0.05, 0) is 35.9 Å². The van der Waals surface area contributed by atoms with Gasteiger partial charge in [0.1, 0.15) is 6.33 Å². The maximum Gasteiger partial charge on any atom is 0.259 e. The zero-order chi connectivity index (χ0) is 18.0. The minimum Gasteiger partial charge on any atom is -0.289 e. The maximum atomic E-state index is 12.2. The summed E-state index contributed by atoms with van der Waals surface area (Å²) in [5, 5.41) is 8.43. The quantitative estimate of drug-likeness (QED) is 0.637. The molecular weight excluding hydrogens is 406 g/mol. The normalized spacial score (nSPS) is 10.7. The van der Waals surface area contributed by atoms with Crippen LogP contribution in [0.4, 0.5) is 5.95 Å². The summed E-state index contributed by atoms with van der Waals surface area (Å²) >= 11 is 23.7. The highest BCUT2D eigenvalue weighted by molar-refractivity contribution is 6.42. The number of halogens is 4. The van der Waals surface area contributed by atoms with E-state index in [0.717, 1.165) is 5.56 Å². The summed E-state index contributed by atoms with van der Waals surface area (Å²) in [6, 6.07) is 9.90. The van der Waals surface area contributed by atoms with Gasteiger partial charge in [0.25, 0.3) is 5.91 Å². The predicted octanol–water partition coefficient (Wildman–Crippen LogP) is 5.19. The molecule has 25 heavy (non-hydrogen) atoms. The Kier molecular flexibility index (Phi) is 5.49. The fraction of sp³-hybridized carbons (Fsp3) is 0.0625. The van der Waals surface area contributed by atoms with Crippen LogP contribution in [0.25, 0.3) is 0 Å². The average Bonchev–Trinajstić information content (AvgIpc) is 2.97. The van der Waals surface area contributed by atoms with Crippen LogP contribution in [0.5, 0.6) is 0 Å². The second-order valence-electron chi connectivity index (χ2n) is 5.09. The van der Waals surface area contributed by atoms with E-state index in [-0.39, 0.29) is 16.5 Å². The van der Waals surface area contributed by atoms with E-state index in [4.69, 9.17) is 46.4 Å². The van der Waals surface area contributed by atoms with Gasteiger partial charge < -0.3 is 0 Å². The number of benzene rings is 2. The summed E-state index contributed by atoms with van der Waals surface area (Å²) in [4.78, 5) is 16.3. The Morgan fingerprint density at radius 2 is 1.80 bits per heavy atom. The van der Waals surface area contributed by atoms with Crippen molar-refractivity contribution in [1.29, 1.82) is 0 Å². The number of nitrogens with zero attached hydrogens (tertiary/aromatic N) is 3. The molecule has 128 valence electrons. The molecule has 0 spiro atoms. The third-order valence-electron chi connectivity index (χ3n) is 3.27. The smallest absolute Gasteiger partial charge is 0.259 e. The van der Waals surface area contributed by atoms with E-state index in [9.17, 15) is 4.79 Å². The van der Waals surface area contributed by atoms with Gasteiger partial charge in [0.05, 0.1) is 27.2 Å². The molecule has 1 aromatic heterocycles. The molecule has 0 atom stereocenters. The SMILES string of the molecule is O=C(Nc1ncn(Cc2ccc(Cl)c(Cl)c2)n1)c1ccc(Cl)cc1Cl. The van der Waals surface area contributed by atoms with Gasteiger partial charge in [0.2, 0.25) is 5.95 Å². The molecule has 0 radical (unpaired) electrons. The number of hydrogen-bond donors (Lipinski definition) is 1. The van der Waals surface area contributed by atoms with Crippen LogP contribution in [0.2, 0.25) is 20.1 Å². The van der Waals surface area contributed by atoms with Gasteiger partial charge in [-0.25, -0.2) is 9.67 Å². The number of carbonyl (C=O) groups is 1. The van der Waals surface area contributed by atoms with Crippen LogP contribution in [0.15, 0.2) is 42.7 Å². The Morgan fingerprint density at radius 3 is 2.52 bits per heavy atom. The van der Waals surface area contributed by atoms with Crippen molar-refractivity contribution in [2.24, 2.45) is 0 Å². The number of anilines is 1. The van der Waals surface area contributed by atoms with E-state index in [2.05, 4.69) is 15.4 Å². The van der Waals surface area contributed by atoms with Gasteiger partial charge in [-0.1, -0.05) is 52.5 Å². The number of amides is 1. The standard InChI is InChI=1S/C16H10Cl4N4O/c17-10-2-3-11(13(19)6-10)15(25)22-16-21-8-24(23-16)7-9-1-4-12(18)14(20)5-9/h1-6,8H,7H2,(H,22,23,25). The van der Waals surface area contributed by atoms with Crippen LogP contribution >= 0.6 is 46.4 Å². The van der Waals surface area contributed by atoms with Gasteiger partial charge in [0, 0.05) is 5.02 Å². The van der Waals surface area contributed by atoms with Crippen molar-refractivity contribution < 1.29 is 4.79 Å². The highest BCUT2D eigenvalue weighted by Crippen LogP contribution is 2.23. The molecule has 0 saturated heterocycles. The lowest BCUT2D eigenvalue weighted by molar-refractivity contribution is 0.102. The number of nitrogens with one attached hydrogen (secondary N) is 1. The van der Waals surface area contributed by atoms with E-state index in [1.165, 1.54) is 18.5 Å². The number of rotatable bonds is 4. The number of hydrogen-bond acceptors (Lipinski definition) is 3. The third kappa shape index (κ3) is 4.44. The second kappa shape index (κ2) is 7.62. The molecule has 1 amide bonds. The van der Waals surface area contributed by atoms with Gasteiger partial charge in [-0.3, -0.25) is 10.1 Å². The van der Waals surface area contributed by atoms with Crippen molar-refractivity contribution in [3.05, 3.63) is 73.9 Å². The monoisotopic (exact) mass is 414 g/mol. The third-order valence-corrected chi connectivity index (χ3v) is 4.55. The summed E-state index contributed by atoms with van der Waals surface area (Å²) in [5.74, 6) is -0.259. The molecule has 9 heteroatoms. The van der Waals surface area contributed by atoms with Crippen molar-refractivity contribution in [3.63, 3.8) is 0 Å².